The van der Waals surface area contributed by atoms with Crippen molar-refractivity contribution >= 4 is 18.3 Å². The number of hydrogen-bond acceptors (Lipinski definition) is 3. The van der Waals surface area contributed by atoms with Crippen molar-refractivity contribution in [2.75, 3.05) is 13.2 Å². The van der Waals surface area contributed by atoms with Gasteiger partial charge >= 0.3 is 0 Å². The molecule has 1 saturated heterocycles. The third kappa shape index (κ3) is 4.57. The Morgan fingerprint density at radius 3 is 2.71 bits per heavy atom. The number of carbonyl (C=O) groups excluding carboxylic acids is 1. The summed E-state index contributed by atoms with van der Waals surface area (Å²) in [5, 5.41) is 6.52. The van der Waals surface area contributed by atoms with Crippen molar-refractivity contribution in [2.45, 2.75) is 77.5 Å². The lowest BCUT2D eigenvalue weighted by atomic mass is 9.64. The number of rotatable bonds is 6. The smallest absolute Gasteiger partial charge is 0.237 e. The Kier molecular flexibility index (Phi) is 7.45. The van der Waals surface area contributed by atoms with Crippen LogP contribution in [0.15, 0.2) is 0 Å². The lowest BCUT2D eigenvalue weighted by Crippen LogP contribution is -2.64. The molecule has 1 amide bonds. The van der Waals surface area contributed by atoms with Crippen LogP contribution < -0.4 is 10.6 Å². The topological polar surface area (TPSA) is 50.4 Å². The number of halogens is 1. The molecule has 1 saturated carbocycles. The number of nitrogens with one attached hydrogen (secondary N) is 2. The van der Waals surface area contributed by atoms with Gasteiger partial charge in [-0.2, -0.15) is 0 Å². The van der Waals surface area contributed by atoms with Gasteiger partial charge in [0.15, 0.2) is 0 Å². The molecule has 2 N–H and O–H groups in total. The highest BCUT2D eigenvalue weighted by Gasteiger charge is 2.49. The second-order valence-corrected chi connectivity index (χ2v) is 6.83. The van der Waals surface area contributed by atoms with Gasteiger partial charge in [0.1, 0.15) is 0 Å². The van der Waals surface area contributed by atoms with Crippen LogP contribution in [-0.4, -0.2) is 37.2 Å². The molecule has 3 atom stereocenters. The molecule has 4 nitrogen and oxygen atoms in total. The number of carbonyl (C=O) groups is 1. The normalized spacial score (nSPS) is 30.9. The summed E-state index contributed by atoms with van der Waals surface area (Å²) < 4.78 is 5.92. The zero-order valence-corrected chi connectivity index (χ0v) is 14.4. The second-order valence-electron chi connectivity index (χ2n) is 6.83. The number of amides is 1. The van der Waals surface area contributed by atoms with Crippen LogP contribution in [0.3, 0.4) is 0 Å². The van der Waals surface area contributed by atoms with Crippen molar-refractivity contribution in [3.63, 3.8) is 0 Å². The van der Waals surface area contributed by atoms with E-state index in [0.717, 1.165) is 38.8 Å². The lowest BCUT2D eigenvalue weighted by Gasteiger charge is -2.52. The van der Waals surface area contributed by atoms with Crippen LogP contribution >= 0.6 is 12.4 Å². The maximum absolute atomic E-state index is 12.2. The van der Waals surface area contributed by atoms with E-state index in [4.69, 9.17) is 4.74 Å². The van der Waals surface area contributed by atoms with Gasteiger partial charge in [0.2, 0.25) is 5.91 Å². The van der Waals surface area contributed by atoms with E-state index in [1.165, 1.54) is 12.8 Å². The van der Waals surface area contributed by atoms with Crippen LogP contribution in [-0.2, 0) is 9.53 Å². The largest absolute Gasteiger partial charge is 0.378 e. The third-order valence-electron chi connectivity index (χ3n) is 4.94. The third-order valence-corrected chi connectivity index (χ3v) is 4.94. The van der Waals surface area contributed by atoms with Crippen molar-refractivity contribution < 1.29 is 9.53 Å². The highest BCUT2D eigenvalue weighted by molar-refractivity contribution is 5.85. The van der Waals surface area contributed by atoms with Crippen LogP contribution in [0.5, 0.6) is 0 Å². The van der Waals surface area contributed by atoms with E-state index < -0.39 is 0 Å². The lowest BCUT2D eigenvalue weighted by molar-refractivity contribution is -0.139. The summed E-state index contributed by atoms with van der Waals surface area (Å²) in [4.78, 5) is 12.2. The zero-order valence-electron chi connectivity index (χ0n) is 13.6. The molecule has 2 fully saturated rings. The van der Waals surface area contributed by atoms with E-state index in [1.807, 2.05) is 0 Å². The van der Waals surface area contributed by atoms with Crippen molar-refractivity contribution in [2.24, 2.45) is 5.41 Å². The van der Waals surface area contributed by atoms with Gasteiger partial charge in [-0.05, 0) is 32.2 Å². The Balaban J connectivity index is 0.00000220. The molecule has 5 heteroatoms. The van der Waals surface area contributed by atoms with Crippen LogP contribution in [0.25, 0.3) is 0 Å². The van der Waals surface area contributed by atoms with E-state index in [-0.39, 0.29) is 35.8 Å². The van der Waals surface area contributed by atoms with Crippen LogP contribution in [0.2, 0.25) is 0 Å². The standard InChI is InChI=1S/C16H30N2O2.ClH/c1-4-5-10-20-14-11-13(16(14,2)3)18-15(19)12-8-6-7-9-17-12;/h12-14,17H,4-11H2,1-3H3,(H,18,19);1H. The van der Waals surface area contributed by atoms with E-state index in [9.17, 15) is 4.79 Å². The predicted octanol–water partition coefficient (Wildman–Crippen LogP) is 2.65. The first kappa shape index (κ1) is 18.7. The molecule has 0 spiro atoms. The Hall–Kier alpha value is -0.320. The Labute approximate surface area is 135 Å². The Morgan fingerprint density at radius 2 is 2.14 bits per heavy atom. The van der Waals surface area contributed by atoms with Crippen molar-refractivity contribution in [1.82, 2.24) is 10.6 Å². The van der Waals surface area contributed by atoms with E-state index in [2.05, 4.69) is 31.4 Å². The summed E-state index contributed by atoms with van der Waals surface area (Å²) in [6, 6.07) is 0.268. The molecule has 0 aromatic rings. The quantitative estimate of drug-likeness (QED) is 0.740. The van der Waals surface area contributed by atoms with E-state index in [0.29, 0.717) is 6.10 Å². The number of piperidine rings is 1. The summed E-state index contributed by atoms with van der Waals surface area (Å²) in [6.07, 6.45) is 6.84. The van der Waals surface area contributed by atoms with E-state index >= 15 is 0 Å². The molecule has 3 unspecified atom stereocenters. The fourth-order valence-electron chi connectivity index (χ4n) is 3.13. The summed E-state index contributed by atoms with van der Waals surface area (Å²) in [5.74, 6) is 0.176. The molecule has 1 heterocycles. The highest BCUT2D eigenvalue weighted by atomic mass is 35.5. The van der Waals surface area contributed by atoms with Crippen molar-refractivity contribution in [1.29, 1.82) is 0 Å². The van der Waals surface area contributed by atoms with Gasteiger partial charge in [-0.25, -0.2) is 0 Å². The zero-order chi connectivity index (χ0) is 14.6. The first-order valence-corrected chi connectivity index (χ1v) is 8.21. The Morgan fingerprint density at radius 1 is 1.38 bits per heavy atom. The molecule has 0 aromatic heterocycles. The maximum Gasteiger partial charge on any atom is 0.237 e. The first-order valence-electron chi connectivity index (χ1n) is 8.21. The molecular formula is C16H31ClN2O2. The van der Waals surface area contributed by atoms with Gasteiger partial charge in [-0.1, -0.05) is 33.6 Å². The minimum Gasteiger partial charge on any atom is -0.378 e. The van der Waals surface area contributed by atoms with Crippen molar-refractivity contribution in [3.05, 3.63) is 0 Å². The van der Waals surface area contributed by atoms with Gasteiger partial charge in [0.25, 0.3) is 0 Å². The molecule has 0 bridgehead atoms. The molecule has 2 rings (SSSR count). The van der Waals surface area contributed by atoms with Crippen molar-refractivity contribution in [3.8, 4) is 0 Å². The van der Waals surface area contributed by atoms with Gasteiger partial charge in [-0.3, -0.25) is 4.79 Å². The molecule has 2 aliphatic rings. The predicted molar refractivity (Wildman–Crippen MR) is 87.9 cm³/mol. The molecule has 124 valence electrons. The number of hydrogen-bond donors (Lipinski definition) is 2. The number of ether oxygens (including phenoxy) is 1. The fraction of sp³-hybridized carbons (Fsp3) is 0.938. The van der Waals surface area contributed by atoms with Crippen LogP contribution in [0.1, 0.15) is 59.3 Å². The second kappa shape index (κ2) is 8.35. The molecule has 0 radical (unpaired) electrons. The summed E-state index contributed by atoms with van der Waals surface area (Å²) >= 11 is 0. The number of unbranched alkanes of at least 4 members (excludes halogenated alkanes) is 1. The van der Waals surface area contributed by atoms with Gasteiger partial charge in [0.05, 0.1) is 12.1 Å². The highest BCUT2D eigenvalue weighted by Crippen LogP contribution is 2.42. The molecule has 1 aliphatic heterocycles. The SMILES string of the molecule is CCCCOC1CC(NC(=O)C2CCCCN2)C1(C)C.Cl. The maximum atomic E-state index is 12.2. The molecule has 1 aliphatic carbocycles. The summed E-state index contributed by atoms with van der Waals surface area (Å²) in [7, 11) is 0. The average Bonchev–Trinajstić information content (AvgIpc) is 2.46. The van der Waals surface area contributed by atoms with Crippen LogP contribution in [0, 0.1) is 5.41 Å². The van der Waals surface area contributed by atoms with Gasteiger partial charge in [-0.15, -0.1) is 12.4 Å². The fourth-order valence-corrected chi connectivity index (χ4v) is 3.13. The van der Waals surface area contributed by atoms with Gasteiger partial charge in [0, 0.05) is 18.1 Å². The summed E-state index contributed by atoms with van der Waals surface area (Å²) in [5.41, 5.74) is 0.0536. The average molecular weight is 319 g/mol. The molecular weight excluding hydrogens is 288 g/mol. The van der Waals surface area contributed by atoms with Crippen LogP contribution in [0.4, 0.5) is 0 Å². The summed E-state index contributed by atoms with van der Waals surface area (Å²) in [6.45, 7) is 8.39. The molecule has 21 heavy (non-hydrogen) atoms. The monoisotopic (exact) mass is 318 g/mol. The minimum absolute atomic E-state index is 0. The minimum atomic E-state index is 0. The van der Waals surface area contributed by atoms with E-state index in [1.54, 1.807) is 0 Å². The Bertz CT molecular complexity index is 330. The first-order chi connectivity index (χ1) is 9.55. The molecule has 0 aromatic carbocycles. The van der Waals surface area contributed by atoms with Gasteiger partial charge < -0.3 is 15.4 Å².